The van der Waals surface area contributed by atoms with Crippen LogP contribution in [0.3, 0.4) is 0 Å². The second kappa shape index (κ2) is 7.24. The lowest BCUT2D eigenvalue weighted by Crippen LogP contribution is -2.62. The lowest BCUT2D eigenvalue weighted by molar-refractivity contribution is 0.0865. The number of fused-ring (bicyclic) bond motifs is 1. The van der Waals surface area contributed by atoms with Crippen LogP contribution in [0.4, 0.5) is 5.69 Å². The van der Waals surface area contributed by atoms with Gasteiger partial charge in [-0.3, -0.25) is 4.79 Å². The van der Waals surface area contributed by atoms with E-state index in [4.69, 9.17) is 11.6 Å². The van der Waals surface area contributed by atoms with Gasteiger partial charge in [0.15, 0.2) is 0 Å². The van der Waals surface area contributed by atoms with Crippen LogP contribution in [0.1, 0.15) is 28.8 Å². The molecule has 1 spiro atoms. The zero-order valence-corrected chi connectivity index (χ0v) is 16.6. The standard InChI is InChI=1S/C20H20ClN3O3S/c21-16-6-7-17-18(14-16)22-20(23-19(17)25)9-11-24(12-10-20)28(26,27)13-8-15-4-2-1-3-5-15/h1-8,13-14,22H,9-12H2,(H,23,25)/b13-8+. The Morgan fingerprint density at radius 3 is 2.46 bits per heavy atom. The number of halogens is 1. The molecule has 2 aliphatic heterocycles. The van der Waals surface area contributed by atoms with Crippen molar-refractivity contribution < 1.29 is 13.2 Å². The predicted octanol–water partition coefficient (Wildman–Crippen LogP) is 3.29. The maximum absolute atomic E-state index is 12.7. The van der Waals surface area contributed by atoms with Crippen molar-refractivity contribution in [2.24, 2.45) is 0 Å². The molecule has 2 aromatic carbocycles. The highest BCUT2D eigenvalue weighted by atomic mass is 35.5. The van der Waals surface area contributed by atoms with Crippen molar-refractivity contribution in [3.63, 3.8) is 0 Å². The normalized spacial score (nSPS) is 19.2. The van der Waals surface area contributed by atoms with Gasteiger partial charge in [-0.15, -0.1) is 0 Å². The minimum atomic E-state index is -3.53. The molecule has 0 bridgehead atoms. The van der Waals surface area contributed by atoms with E-state index in [0.717, 1.165) is 5.56 Å². The molecule has 0 saturated carbocycles. The van der Waals surface area contributed by atoms with Crippen LogP contribution in [0.2, 0.25) is 5.02 Å². The number of carbonyl (C=O) groups excluding carboxylic acids is 1. The Morgan fingerprint density at radius 1 is 1.04 bits per heavy atom. The van der Waals surface area contributed by atoms with E-state index in [2.05, 4.69) is 10.6 Å². The van der Waals surface area contributed by atoms with E-state index in [1.54, 1.807) is 24.3 Å². The number of anilines is 1. The molecular weight excluding hydrogens is 398 g/mol. The number of rotatable bonds is 3. The SMILES string of the molecule is O=C1NC2(CCN(S(=O)(=O)/C=C/c3ccccc3)CC2)Nc2cc(Cl)ccc21. The quantitative estimate of drug-likeness (QED) is 0.803. The molecule has 6 nitrogen and oxygen atoms in total. The second-order valence-corrected chi connectivity index (χ2v) is 9.26. The molecule has 2 N–H and O–H groups in total. The minimum Gasteiger partial charge on any atom is -0.362 e. The lowest BCUT2D eigenvalue weighted by atomic mass is 9.93. The summed E-state index contributed by atoms with van der Waals surface area (Å²) in [5.74, 6) is -0.175. The number of hydrogen-bond donors (Lipinski definition) is 2. The first-order chi connectivity index (χ1) is 13.4. The van der Waals surface area contributed by atoms with Gasteiger partial charge in [0.1, 0.15) is 5.66 Å². The Balaban J connectivity index is 1.47. The summed E-state index contributed by atoms with van der Waals surface area (Å²) in [5.41, 5.74) is 1.38. The number of piperidine rings is 1. The summed E-state index contributed by atoms with van der Waals surface area (Å²) in [7, 11) is -3.53. The highest BCUT2D eigenvalue weighted by molar-refractivity contribution is 7.92. The summed E-state index contributed by atoms with van der Waals surface area (Å²) >= 11 is 6.05. The highest BCUT2D eigenvalue weighted by Crippen LogP contribution is 2.33. The average molecular weight is 418 g/mol. The van der Waals surface area contributed by atoms with Crippen LogP contribution in [-0.2, 0) is 10.0 Å². The van der Waals surface area contributed by atoms with Crippen LogP contribution >= 0.6 is 11.6 Å². The number of benzene rings is 2. The van der Waals surface area contributed by atoms with Gasteiger partial charge >= 0.3 is 0 Å². The Labute approximate surface area is 169 Å². The van der Waals surface area contributed by atoms with Gasteiger partial charge in [-0.05, 0) is 29.8 Å². The van der Waals surface area contributed by atoms with Gasteiger partial charge in [0.2, 0.25) is 10.0 Å². The molecule has 0 radical (unpaired) electrons. The second-order valence-electron chi connectivity index (χ2n) is 7.01. The number of nitrogens with one attached hydrogen (secondary N) is 2. The van der Waals surface area contributed by atoms with Crippen molar-refractivity contribution in [3.8, 4) is 0 Å². The number of nitrogens with zero attached hydrogens (tertiary/aromatic N) is 1. The zero-order chi connectivity index (χ0) is 19.8. The number of carbonyl (C=O) groups is 1. The summed E-state index contributed by atoms with van der Waals surface area (Å²) in [6.07, 6.45) is 2.52. The molecule has 28 heavy (non-hydrogen) atoms. The van der Waals surface area contributed by atoms with Crippen LogP contribution in [0.25, 0.3) is 6.08 Å². The van der Waals surface area contributed by atoms with Gasteiger partial charge in [-0.25, -0.2) is 8.42 Å². The molecule has 0 aliphatic carbocycles. The van der Waals surface area contributed by atoms with E-state index < -0.39 is 15.7 Å². The minimum absolute atomic E-state index is 0.175. The molecule has 0 atom stereocenters. The molecule has 0 aromatic heterocycles. The Morgan fingerprint density at radius 2 is 1.75 bits per heavy atom. The first kappa shape index (κ1) is 19.0. The van der Waals surface area contributed by atoms with Crippen molar-refractivity contribution in [1.82, 2.24) is 9.62 Å². The third-order valence-electron chi connectivity index (χ3n) is 5.12. The van der Waals surface area contributed by atoms with E-state index in [-0.39, 0.29) is 5.91 Å². The van der Waals surface area contributed by atoms with Crippen LogP contribution < -0.4 is 10.6 Å². The molecule has 2 heterocycles. The summed E-state index contributed by atoms with van der Waals surface area (Å²) in [5, 5.41) is 8.14. The van der Waals surface area contributed by atoms with Gasteiger partial charge in [-0.1, -0.05) is 41.9 Å². The molecule has 2 aliphatic rings. The molecule has 1 amide bonds. The number of sulfonamides is 1. The third kappa shape index (κ3) is 3.78. The van der Waals surface area contributed by atoms with Crippen molar-refractivity contribution in [3.05, 3.63) is 70.1 Å². The molecule has 1 fully saturated rings. The Hall–Kier alpha value is -2.35. The monoisotopic (exact) mass is 417 g/mol. The predicted molar refractivity (Wildman–Crippen MR) is 110 cm³/mol. The van der Waals surface area contributed by atoms with Crippen molar-refractivity contribution in [1.29, 1.82) is 0 Å². The molecular formula is C20H20ClN3O3S. The van der Waals surface area contributed by atoms with Gasteiger partial charge < -0.3 is 10.6 Å². The molecule has 1 saturated heterocycles. The zero-order valence-electron chi connectivity index (χ0n) is 15.1. The maximum Gasteiger partial charge on any atom is 0.255 e. The molecule has 8 heteroatoms. The van der Waals surface area contributed by atoms with Gasteiger partial charge in [0, 0.05) is 36.4 Å². The van der Waals surface area contributed by atoms with E-state index in [9.17, 15) is 13.2 Å². The largest absolute Gasteiger partial charge is 0.362 e. The highest BCUT2D eigenvalue weighted by Gasteiger charge is 2.42. The molecule has 0 unspecified atom stereocenters. The number of amides is 1. The molecule has 4 rings (SSSR count). The van der Waals surface area contributed by atoms with E-state index in [1.807, 2.05) is 30.3 Å². The van der Waals surface area contributed by atoms with E-state index >= 15 is 0 Å². The summed E-state index contributed by atoms with van der Waals surface area (Å²) < 4.78 is 26.7. The third-order valence-corrected chi connectivity index (χ3v) is 6.92. The fourth-order valence-corrected chi connectivity index (χ4v) is 4.94. The fraction of sp³-hybridized carbons (Fsp3) is 0.250. The first-order valence-corrected chi connectivity index (χ1v) is 10.9. The van der Waals surface area contributed by atoms with Crippen molar-refractivity contribution in [2.45, 2.75) is 18.5 Å². The Bertz CT molecular complexity index is 1030. The van der Waals surface area contributed by atoms with Crippen LogP contribution in [0.5, 0.6) is 0 Å². The summed E-state index contributed by atoms with van der Waals surface area (Å²) in [4.78, 5) is 12.5. The van der Waals surface area contributed by atoms with Gasteiger partial charge in [-0.2, -0.15) is 4.31 Å². The van der Waals surface area contributed by atoms with Crippen LogP contribution in [-0.4, -0.2) is 37.4 Å². The van der Waals surface area contributed by atoms with Crippen molar-refractivity contribution in [2.75, 3.05) is 18.4 Å². The molecule has 146 valence electrons. The maximum atomic E-state index is 12.7. The smallest absolute Gasteiger partial charge is 0.255 e. The summed E-state index contributed by atoms with van der Waals surface area (Å²) in [6.45, 7) is 0.620. The lowest BCUT2D eigenvalue weighted by Gasteiger charge is -2.45. The fourth-order valence-electron chi connectivity index (χ4n) is 3.58. The first-order valence-electron chi connectivity index (χ1n) is 9.01. The van der Waals surface area contributed by atoms with Crippen molar-refractivity contribution >= 4 is 39.3 Å². The van der Waals surface area contributed by atoms with Gasteiger partial charge in [0.25, 0.3) is 5.91 Å². The van der Waals surface area contributed by atoms with Crippen LogP contribution in [0, 0.1) is 0 Å². The van der Waals surface area contributed by atoms with Crippen LogP contribution in [0.15, 0.2) is 53.9 Å². The van der Waals surface area contributed by atoms with E-state index in [1.165, 1.54) is 9.71 Å². The summed E-state index contributed by atoms with van der Waals surface area (Å²) in [6, 6.07) is 14.4. The Kier molecular flexibility index (Phi) is 4.91. The average Bonchev–Trinajstić information content (AvgIpc) is 2.67. The molecule has 2 aromatic rings. The van der Waals surface area contributed by atoms with E-state index in [0.29, 0.717) is 42.2 Å². The topological polar surface area (TPSA) is 78.5 Å². The number of hydrogen-bond acceptors (Lipinski definition) is 4. The van der Waals surface area contributed by atoms with Gasteiger partial charge in [0.05, 0.1) is 11.3 Å².